The Kier molecular flexibility index (Phi) is 5.93. The second-order valence-electron chi connectivity index (χ2n) is 6.86. The minimum Gasteiger partial charge on any atom is -0.485 e. The van der Waals surface area contributed by atoms with E-state index in [0.717, 1.165) is 0 Å². The fourth-order valence-corrected chi connectivity index (χ4v) is 3.62. The first-order valence-electron chi connectivity index (χ1n) is 9.50. The molecule has 1 fully saturated rings. The second kappa shape index (κ2) is 8.78. The van der Waals surface area contributed by atoms with Crippen LogP contribution in [0.1, 0.15) is 10.6 Å². The van der Waals surface area contributed by atoms with E-state index < -0.39 is 12.0 Å². The number of halogens is 1. The molecule has 4 rings (SSSR count). The molecule has 1 aromatic heterocycles. The van der Waals surface area contributed by atoms with E-state index in [2.05, 4.69) is 21.2 Å². The highest BCUT2D eigenvalue weighted by atomic mass is 79.9. The van der Waals surface area contributed by atoms with Crippen LogP contribution in [-0.4, -0.2) is 73.0 Å². The van der Waals surface area contributed by atoms with Crippen molar-refractivity contribution < 1.29 is 28.3 Å². The highest BCUT2D eigenvalue weighted by Crippen LogP contribution is 2.31. The van der Waals surface area contributed by atoms with Crippen molar-refractivity contribution in [1.82, 2.24) is 15.1 Å². The van der Waals surface area contributed by atoms with Gasteiger partial charge in [-0.05, 0) is 40.2 Å². The van der Waals surface area contributed by atoms with E-state index in [1.165, 1.54) is 6.07 Å². The Morgan fingerprint density at radius 2 is 1.70 bits per heavy atom. The summed E-state index contributed by atoms with van der Waals surface area (Å²) in [4.78, 5) is 40.4. The summed E-state index contributed by atoms with van der Waals surface area (Å²) in [6.07, 6.45) is -0.700. The van der Waals surface area contributed by atoms with Gasteiger partial charge in [-0.3, -0.25) is 14.4 Å². The number of benzene rings is 1. The van der Waals surface area contributed by atoms with E-state index >= 15 is 0 Å². The number of nitrogens with one attached hydrogen (secondary N) is 1. The van der Waals surface area contributed by atoms with Gasteiger partial charge >= 0.3 is 0 Å². The minimum absolute atomic E-state index is 0.126. The lowest BCUT2D eigenvalue weighted by Gasteiger charge is -2.37. The van der Waals surface area contributed by atoms with Crippen LogP contribution >= 0.6 is 15.9 Å². The molecule has 0 saturated carbocycles. The number of ether oxygens (including phenoxy) is 2. The Morgan fingerprint density at radius 3 is 2.40 bits per heavy atom. The molecule has 3 heterocycles. The zero-order valence-corrected chi connectivity index (χ0v) is 17.6. The van der Waals surface area contributed by atoms with Crippen LogP contribution in [0.4, 0.5) is 0 Å². The number of amides is 3. The van der Waals surface area contributed by atoms with Crippen molar-refractivity contribution >= 4 is 33.7 Å². The summed E-state index contributed by atoms with van der Waals surface area (Å²) in [5.74, 6) is 0.468. The number of nitrogens with zero attached hydrogens (tertiary/aromatic N) is 2. The number of fused-ring (bicyclic) bond motifs is 1. The van der Waals surface area contributed by atoms with E-state index in [4.69, 9.17) is 13.9 Å². The molecule has 3 amide bonds. The summed E-state index contributed by atoms with van der Waals surface area (Å²) in [5, 5.41) is 2.54. The summed E-state index contributed by atoms with van der Waals surface area (Å²) in [7, 11) is 0. The van der Waals surface area contributed by atoms with Crippen molar-refractivity contribution in [2.24, 2.45) is 0 Å². The number of furan rings is 1. The molecule has 158 valence electrons. The maximum absolute atomic E-state index is 12.8. The summed E-state index contributed by atoms with van der Waals surface area (Å²) < 4.78 is 17.0. The van der Waals surface area contributed by atoms with Gasteiger partial charge in [0, 0.05) is 26.2 Å². The molecule has 30 heavy (non-hydrogen) atoms. The number of rotatable bonds is 4. The average Bonchev–Trinajstić information content (AvgIpc) is 3.23. The molecule has 2 aliphatic rings. The smallest absolute Gasteiger partial charge is 0.287 e. The molecule has 1 saturated heterocycles. The average molecular weight is 478 g/mol. The lowest BCUT2D eigenvalue weighted by atomic mass is 10.2. The Balaban J connectivity index is 1.24. The van der Waals surface area contributed by atoms with E-state index in [9.17, 15) is 14.4 Å². The first-order chi connectivity index (χ1) is 14.5. The zero-order chi connectivity index (χ0) is 21.1. The Bertz CT molecular complexity index is 954. The number of para-hydroxylation sites is 2. The van der Waals surface area contributed by atoms with E-state index in [1.54, 1.807) is 28.0 Å². The molecule has 0 spiro atoms. The van der Waals surface area contributed by atoms with Gasteiger partial charge in [0.25, 0.3) is 11.8 Å². The molecule has 0 unspecified atom stereocenters. The molecule has 1 atom stereocenters. The van der Waals surface area contributed by atoms with Gasteiger partial charge in [0.2, 0.25) is 12.0 Å². The van der Waals surface area contributed by atoms with Crippen molar-refractivity contribution in [2.75, 3.05) is 39.3 Å². The highest BCUT2D eigenvalue weighted by Gasteiger charge is 2.33. The summed E-state index contributed by atoms with van der Waals surface area (Å²) in [6.45, 7) is 1.58. The first-order valence-corrected chi connectivity index (χ1v) is 10.3. The van der Waals surface area contributed by atoms with Crippen molar-refractivity contribution in [3.8, 4) is 11.5 Å². The fourth-order valence-electron chi connectivity index (χ4n) is 3.31. The van der Waals surface area contributed by atoms with Gasteiger partial charge in [-0.15, -0.1) is 0 Å². The summed E-state index contributed by atoms with van der Waals surface area (Å²) >= 11 is 3.13. The van der Waals surface area contributed by atoms with Gasteiger partial charge in [-0.2, -0.15) is 0 Å². The lowest BCUT2D eigenvalue weighted by molar-refractivity contribution is -0.146. The van der Waals surface area contributed by atoms with Crippen LogP contribution in [-0.2, 0) is 9.59 Å². The van der Waals surface area contributed by atoms with E-state index in [0.29, 0.717) is 42.3 Å². The predicted octanol–water partition coefficient (Wildman–Crippen LogP) is 1.28. The van der Waals surface area contributed by atoms with Crippen LogP contribution in [0.15, 0.2) is 45.5 Å². The Morgan fingerprint density at radius 1 is 1.00 bits per heavy atom. The van der Waals surface area contributed by atoms with Gasteiger partial charge in [-0.25, -0.2) is 0 Å². The van der Waals surface area contributed by atoms with Gasteiger partial charge in [0.15, 0.2) is 21.9 Å². The maximum atomic E-state index is 12.8. The van der Waals surface area contributed by atoms with Crippen LogP contribution in [0.25, 0.3) is 0 Å². The normalized spacial score (nSPS) is 18.1. The van der Waals surface area contributed by atoms with Crippen molar-refractivity contribution in [3.05, 3.63) is 46.8 Å². The number of carbonyl (C=O) groups excluding carboxylic acids is 3. The molecule has 2 aliphatic heterocycles. The van der Waals surface area contributed by atoms with E-state index in [1.807, 2.05) is 12.1 Å². The van der Waals surface area contributed by atoms with Crippen LogP contribution < -0.4 is 14.8 Å². The molecule has 0 aliphatic carbocycles. The van der Waals surface area contributed by atoms with Crippen LogP contribution in [0, 0.1) is 0 Å². The lowest BCUT2D eigenvalue weighted by Crippen LogP contribution is -2.56. The number of carbonyl (C=O) groups is 3. The topological polar surface area (TPSA) is 101 Å². The Hall–Kier alpha value is -3.01. The maximum Gasteiger partial charge on any atom is 0.287 e. The molecule has 2 aromatic rings. The standard InChI is InChI=1S/C20H20BrN3O6/c21-17-6-5-15(30-17)19(26)22-11-18(25)23-7-9-24(10-8-23)20(27)16-12-28-13-3-1-2-4-14(13)29-16/h1-6,16H,7-12H2,(H,22,26)/t16-/m1/s1. The second-order valence-corrected chi connectivity index (χ2v) is 7.64. The molecule has 1 aromatic carbocycles. The van der Waals surface area contributed by atoms with Crippen LogP contribution in [0.2, 0.25) is 0 Å². The summed E-state index contributed by atoms with van der Waals surface area (Å²) in [6, 6.07) is 10.3. The fraction of sp³-hybridized carbons (Fsp3) is 0.350. The van der Waals surface area contributed by atoms with Crippen molar-refractivity contribution in [1.29, 1.82) is 0 Å². The van der Waals surface area contributed by atoms with Crippen molar-refractivity contribution in [2.45, 2.75) is 6.10 Å². The molecular weight excluding hydrogens is 458 g/mol. The third-order valence-corrected chi connectivity index (χ3v) is 5.35. The zero-order valence-electron chi connectivity index (χ0n) is 16.0. The van der Waals surface area contributed by atoms with Crippen LogP contribution in [0.5, 0.6) is 11.5 Å². The van der Waals surface area contributed by atoms with Gasteiger partial charge in [0.05, 0.1) is 6.54 Å². The molecule has 0 radical (unpaired) electrons. The highest BCUT2D eigenvalue weighted by molar-refractivity contribution is 9.10. The number of hydrogen-bond acceptors (Lipinski definition) is 6. The molecular formula is C20H20BrN3O6. The van der Waals surface area contributed by atoms with Gasteiger partial charge in [-0.1, -0.05) is 12.1 Å². The van der Waals surface area contributed by atoms with Gasteiger partial charge in [0.1, 0.15) is 6.61 Å². The van der Waals surface area contributed by atoms with Gasteiger partial charge < -0.3 is 29.0 Å². The van der Waals surface area contributed by atoms with E-state index in [-0.39, 0.29) is 30.7 Å². The molecule has 1 N–H and O–H groups in total. The molecule has 9 nitrogen and oxygen atoms in total. The summed E-state index contributed by atoms with van der Waals surface area (Å²) in [5.41, 5.74) is 0. The molecule has 10 heteroatoms. The third kappa shape index (κ3) is 4.43. The Labute approximate surface area is 181 Å². The van der Waals surface area contributed by atoms with Crippen molar-refractivity contribution in [3.63, 3.8) is 0 Å². The SMILES string of the molecule is O=C(NCC(=O)N1CCN(C(=O)[C@H]2COc3ccccc3O2)CC1)c1ccc(Br)o1. The number of piperazine rings is 1. The first kappa shape index (κ1) is 20.3. The minimum atomic E-state index is -0.700. The quantitative estimate of drug-likeness (QED) is 0.711. The largest absolute Gasteiger partial charge is 0.485 e. The number of hydrogen-bond donors (Lipinski definition) is 1. The third-order valence-electron chi connectivity index (χ3n) is 4.93. The van der Waals surface area contributed by atoms with Crippen LogP contribution in [0.3, 0.4) is 0 Å². The monoisotopic (exact) mass is 477 g/mol. The molecule has 0 bridgehead atoms. The predicted molar refractivity (Wildman–Crippen MR) is 108 cm³/mol.